The molecule has 106 valence electrons. The number of carboxylic acid groups (broad SMARTS) is 1. The van der Waals surface area contributed by atoms with Crippen LogP contribution >= 0.6 is 0 Å². The first-order valence-electron chi connectivity index (χ1n) is 6.85. The van der Waals surface area contributed by atoms with Crippen molar-refractivity contribution in [3.8, 4) is 0 Å². The second-order valence-corrected chi connectivity index (χ2v) is 5.11. The third-order valence-corrected chi connectivity index (χ3v) is 3.72. The molecule has 0 aliphatic carbocycles. The Hall–Kier alpha value is -2.62. The van der Waals surface area contributed by atoms with Crippen molar-refractivity contribution >= 4 is 17.6 Å². The van der Waals surface area contributed by atoms with E-state index in [4.69, 9.17) is 5.11 Å². The number of amides is 1. The van der Waals surface area contributed by atoms with Crippen LogP contribution in [0.2, 0.25) is 0 Å². The van der Waals surface area contributed by atoms with E-state index < -0.39 is 5.97 Å². The number of hydrogen-bond acceptors (Lipinski definition) is 2. The molecule has 2 aromatic carbocycles. The summed E-state index contributed by atoms with van der Waals surface area (Å²) in [5.41, 5.74) is 3.02. The van der Waals surface area contributed by atoms with Crippen molar-refractivity contribution in [1.82, 2.24) is 0 Å². The summed E-state index contributed by atoms with van der Waals surface area (Å²) in [5.74, 6) is -0.894. The Bertz CT molecular complexity index is 694. The summed E-state index contributed by atoms with van der Waals surface area (Å²) in [6.07, 6.45) is 1.07. The van der Waals surface area contributed by atoms with Gasteiger partial charge in [0.25, 0.3) is 0 Å². The minimum atomic E-state index is -0.938. The van der Waals surface area contributed by atoms with Crippen molar-refractivity contribution in [3.63, 3.8) is 0 Å². The third-order valence-electron chi connectivity index (χ3n) is 3.72. The molecular weight excluding hydrogens is 266 g/mol. The molecule has 0 spiro atoms. The summed E-state index contributed by atoms with van der Waals surface area (Å²) in [7, 11) is 0. The summed E-state index contributed by atoms with van der Waals surface area (Å²) in [4.78, 5) is 25.1. The van der Waals surface area contributed by atoms with Gasteiger partial charge in [0, 0.05) is 12.2 Å². The fourth-order valence-corrected chi connectivity index (χ4v) is 2.66. The zero-order valence-corrected chi connectivity index (χ0v) is 11.5. The maximum Gasteiger partial charge on any atom is 0.335 e. The molecule has 3 rings (SSSR count). The van der Waals surface area contributed by atoms with Crippen LogP contribution in [0.5, 0.6) is 0 Å². The number of carboxylic acids is 1. The number of nitrogens with zero attached hydrogens (tertiary/aromatic N) is 1. The SMILES string of the molecule is O=C(O)c1ccc2c(c1)CCN2C(=O)Cc1ccccc1. The van der Waals surface area contributed by atoms with Crippen LogP contribution in [0, 0.1) is 0 Å². The Labute approximate surface area is 122 Å². The first-order chi connectivity index (χ1) is 10.1. The molecule has 1 heterocycles. The Morgan fingerprint density at radius 1 is 1.10 bits per heavy atom. The lowest BCUT2D eigenvalue weighted by atomic mass is 10.1. The Morgan fingerprint density at radius 3 is 2.57 bits per heavy atom. The maximum absolute atomic E-state index is 12.4. The van der Waals surface area contributed by atoms with Gasteiger partial charge in [-0.3, -0.25) is 4.79 Å². The van der Waals surface area contributed by atoms with Crippen LogP contribution in [0.25, 0.3) is 0 Å². The molecule has 4 heteroatoms. The van der Waals surface area contributed by atoms with Gasteiger partial charge in [0.1, 0.15) is 0 Å². The van der Waals surface area contributed by atoms with E-state index in [1.54, 1.807) is 23.1 Å². The molecule has 1 aliphatic rings. The normalized spacial score (nSPS) is 13.0. The van der Waals surface area contributed by atoms with Gasteiger partial charge < -0.3 is 10.0 Å². The lowest BCUT2D eigenvalue weighted by Crippen LogP contribution is -2.30. The molecule has 1 amide bonds. The van der Waals surface area contributed by atoms with Crippen LogP contribution in [-0.4, -0.2) is 23.5 Å². The van der Waals surface area contributed by atoms with Gasteiger partial charge in [0.05, 0.1) is 12.0 Å². The van der Waals surface area contributed by atoms with Gasteiger partial charge in [-0.1, -0.05) is 30.3 Å². The van der Waals surface area contributed by atoms with Crippen LogP contribution in [0.1, 0.15) is 21.5 Å². The molecule has 0 unspecified atom stereocenters. The summed E-state index contributed by atoms with van der Waals surface area (Å²) >= 11 is 0. The fourth-order valence-electron chi connectivity index (χ4n) is 2.66. The molecule has 21 heavy (non-hydrogen) atoms. The molecule has 1 N–H and O–H groups in total. The average molecular weight is 281 g/mol. The van der Waals surface area contributed by atoms with E-state index in [9.17, 15) is 9.59 Å². The minimum Gasteiger partial charge on any atom is -0.478 e. The van der Waals surface area contributed by atoms with E-state index in [-0.39, 0.29) is 11.5 Å². The van der Waals surface area contributed by atoms with Gasteiger partial charge in [-0.25, -0.2) is 4.79 Å². The molecule has 1 aliphatic heterocycles. The fraction of sp³-hybridized carbons (Fsp3) is 0.176. The van der Waals surface area contributed by atoms with E-state index >= 15 is 0 Å². The van der Waals surface area contributed by atoms with Gasteiger partial charge >= 0.3 is 5.97 Å². The quantitative estimate of drug-likeness (QED) is 0.940. The molecule has 0 fully saturated rings. The number of anilines is 1. The standard InChI is InChI=1S/C17H15NO3/c19-16(10-12-4-2-1-3-5-12)18-9-8-13-11-14(17(20)21)6-7-15(13)18/h1-7,11H,8-10H2,(H,20,21). The molecule has 0 atom stereocenters. The van der Waals surface area contributed by atoms with E-state index in [1.807, 2.05) is 30.3 Å². The van der Waals surface area contributed by atoms with Gasteiger partial charge in [0.15, 0.2) is 0 Å². The van der Waals surface area contributed by atoms with Crippen molar-refractivity contribution < 1.29 is 14.7 Å². The first-order valence-corrected chi connectivity index (χ1v) is 6.85. The van der Waals surface area contributed by atoms with Crippen molar-refractivity contribution in [2.24, 2.45) is 0 Å². The maximum atomic E-state index is 12.4. The van der Waals surface area contributed by atoms with Crippen molar-refractivity contribution in [3.05, 3.63) is 65.2 Å². The zero-order valence-electron chi connectivity index (χ0n) is 11.5. The number of aromatic carboxylic acids is 1. The second-order valence-electron chi connectivity index (χ2n) is 5.11. The van der Waals surface area contributed by atoms with Crippen LogP contribution in [0.3, 0.4) is 0 Å². The Balaban J connectivity index is 1.81. The minimum absolute atomic E-state index is 0.0445. The van der Waals surface area contributed by atoms with E-state index in [0.717, 1.165) is 16.8 Å². The summed E-state index contributed by atoms with van der Waals surface area (Å²) in [5, 5.41) is 9.01. The molecule has 0 saturated carbocycles. The lowest BCUT2D eigenvalue weighted by molar-refractivity contribution is -0.117. The number of carbonyl (C=O) groups excluding carboxylic acids is 1. The van der Waals surface area contributed by atoms with Crippen LogP contribution in [0.15, 0.2) is 48.5 Å². The van der Waals surface area contributed by atoms with E-state index in [0.29, 0.717) is 19.4 Å². The molecular formula is C17H15NO3. The number of rotatable bonds is 3. The molecule has 0 bridgehead atoms. The predicted octanol–water partition coefficient (Wildman–Crippen LogP) is 2.52. The Morgan fingerprint density at radius 2 is 1.86 bits per heavy atom. The average Bonchev–Trinajstić information content (AvgIpc) is 2.91. The number of carbonyl (C=O) groups is 2. The van der Waals surface area contributed by atoms with Crippen molar-refractivity contribution in [2.45, 2.75) is 12.8 Å². The monoisotopic (exact) mass is 281 g/mol. The topological polar surface area (TPSA) is 57.6 Å². The third kappa shape index (κ3) is 2.65. The number of hydrogen-bond donors (Lipinski definition) is 1. The van der Waals surface area contributed by atoms with Gasteiger partial charge in [-0.2, -0.15) is 0 Å². The molecule has 0 radical (unpaired) electrons. The largest absolute Gasteiger partial charge is 0.478 e. The summed E-state index contributed by atoms with van der Waals surface area (Å²) in [6, 6.07) is 14.6. The zero-order chi connectivity index (χ0) is 14.8. The van der Waals surface area contributed by atoms with Crippen LogP contribution < -0.4 is 4.90 Å². The molecule has 0 aromatic heterocycles. The van der Waals surface area contributed by atoms with Crippen molar-refractivity contribution in [1.29, 1.82) is 0 Å². The van der Waals surface area contributed by atoms with Gasteiger partial charge in [-0.05, 0) is 35.7 Å². The highest BCUT2D eigenvalue weighted by Gasteiger charge is 2.25. The predicted molar refractivity (Wildman–Crippen MR) is 79.6 cm³/mol. The highest BCUT2D eigenvalue weighted by atomic mass is 16.4. The Kier molecular flexibility index (Phi) is 3.44. The first kappa shape index (κ1) is 13.4. The molecule has 2 aromatic rings. The molecule has 4 nitrogen and oxygen atoms in total. The highest BCUT2D eigenvalue weighted by molar-refractivity contribution is 5.98. The van der Waals surface area contributed by atoms with Crippen LogP contribution in [0.4, 0.5) is 5.69 Å². The van der Waals surface area contributed by atoms with E-state index in [2.05, 4.69) is 0 Å². The lowest BCUT2D eigenvalue weighted by Gasteiger charge is -2.17. The van der Waals surface area contributed by atoms with Gasteiger partial charge in [0.2, 0.25) is 5.91 Å². The second kappa shape index (κ2) is 5.40. The van der Waals surface area contributed by atoms with Crippen LogP contribution in [-0.2, 0) is 17.6 Å². The summed E-state index contributed by atoms with van der Waals surface area (Å²) < 4.78 is 0. The van der Waals surface area contributed by atoms with Gasteiger partial charge in [-0.15, -0.1) is 0 Å². The van der Waals surface area contributed by atoms with E-state index in [1.165, 1.54) is 0 Å². The summed E-state index contributed by atoms with van der Waals surface area (Å²) in [6.45, 7) is 0.615. The smallest absolute Gasteiger partial charge is 0.335 e. The number of fused-ring (bicyclic) bond motifs is 1. The highest BCUT2D eigenvalue weighted by Crippen LogP contribution is 2.29. The number of benzene rings is 2. The molecule has 0 saturated heterocycles. The van der Waals surface area contributed by atoms with Crippen molar-refractivity contribution in [2.75, 3.05) is 11.4 Å².